The van der Waals surface area contributed by atoms with Crippen LogP contribution in [-0.4, -0.2) is 50.8 Å². The number of hydrogen-bond donors (Lipinski definition) is 1. The summed E-state index contributed by atoms with van der Waals surface area (Å²) in [5, 5.41) is 3.25. The fourth-order valence-electron chi connectivity index (χ4n) is 2.63. The van der Waals surface area contributed by atoms with Crippen LogP contribution in [0.5, 0.6) is 17.2 Å². The molecule has 0 aliphatic carbocycles. The van der Waals surface area contributed by atoms with E-state index in [1.807, 2.05) is 42.3 Å². The van der Waals surface area contributed by atoms with E-state index in [4.69, 9.17) is 25.8 Å². The van der Waals surface area contributed by atoms with Crippen LogP contribution < -0.4 is 19.5 Å². The third kappa shape index (κ3) is 5.77. The zero-order valence-electron chi connectivity index (χ0n) is 15.2. The van der Waals surface area contributed by atoms with Crippen LogP contribution in [0.2, 0.25) is 5.02 Å². The quantitative estimate of drug-likeness (QED) is 0.784. The third-order valence-corrected chi connectivity index (χ3v) is 4.32. The van der Waals surface area contributed by atoms with Gasteiger partial charge in [-0.1, -0.05) is 29.8 Å². The lowest BCUT2D eigenvalue weighted by Gasteiger charge is -2.17. The van der Waals surface area contributed by atoms with E-state index in [2.05, 4.69) is 5.32 Å². The molecule has 1 aliphatic heterocycles. The molecule has 0 atom stereocenters. The van der Waals surface area contributed by atoms with Crippen LogP contribution in [0, 0.1) is 0 Å². The second-order valence-electron chi connectivity index (χ2n) is 6.28. The molecule has 0 saturated carbocycles. The van der Waals surface area contributed by atoms with Gasteiger partial charge in [0.15, 0.2) is 11.5 Å². The molecule has 0 unspecified atom stereocenters. The summed E-state index contributed by atoms with van der Waals surface area (Å²) in [5.74, 6) is 1.85. The number of likely N-dealkylation sites (N-methyl/N-ethyl adjacent to an activating group) is 1. The number of nitrogens with one attached hydrogen (secondary N) is 1. The first-order chi connectivity index (χ1) is 13.1. The second-order valence-corrected chi connectivity index (χ2v) is 6.68. The normalized spacial score (nSPS) is 13.1. The van der Waals surface area contributed by atoms with Crippen LogP contribution >= 0.6 is 11.6 Å². The molecule has 0 spiro atoms. The van der Waals surface area contributed by atoms with E-state index in [1.54, 1.807) is 12.1 Å². The molecule has 7 heteroatoms. The van der Waals surface area contributed by atoms with E-state index >= 15 is 0 Å². The number of amides is 1. The summed E-state index contributed by atoms with van der Waals surface area (Å²) >= 11 is 6.26. The first kappa shape index (κ1) is 19.3. The van der Waals surface area contributed by atoms with Gasteiger partial charge in [0.25, 0.3) is 0 Å². The highest BCUT2D eigenvalue weighted by Gasteiger charge is 2.16. The Morgan fingerprint density at radius 3 is 2.63 bits per heavy atom. The van der Waals surface area contributed by atoms with Gasteiger partial charge < -0.3 is 19.5 Å². The zero-order valence-corrected chi connectivity index (χ0v) is 16.0. The van der Waals surface area contributed by atoms with Gasteiger partial charge in [0.1, 0.15) is 12.4 Å². The highest BCUT2D eigenvalue weighted by Crippen LogP contribution is 2.37. The Kier molecular flexibility index (Phi) is 6.79. The van der Waals surface area contributed by atoms with Crippen molar-refractivity contribution in [2.24, 2.45) is 0 Å². The van der Waals surface area contributed by atoms with Crippen molar-refractivity contribution < 1.29 is 19.0 Å². The highest BCUT2D eigenvalue weighted by atomic mass is 35.5. The number of fused-ring (bicyclic) bond motifs is 1. The molecule has 1 N–H and O–H groups in total. The molecule has 1 heterocycles. The maximum Gasteiger partial charge on any atom is 0.238 e. The van der Waals surface area contributed by atoms with Gasteiger partial charge >= 0.3 is 0 Å². The summed E-state index contributed by atoms with van der Waals surface area (Å²) in [6.07, 6.45) is 0.809. The largest absolute Gasteiger partial charge is 0.492 e. The molecule has 144 valence electrons. The molecule has 0 fully saturated rings. The predicted molar refractivity (Wildman–Crippen MR) is 105 cm³/mol. The highest BCUT2D eigenvalue weighted by molar-refractivity contribution is 6.34. The Balaban J connectivity index is 1.49. The topological polar surface area (TPSA) is 60.0 Å². The minimum atomic E-state index is -0.159. The Hall–Kier alpha value is -2.44. The molecule has 27 heavy (non-hydrogen) atoms. The summed E-state index contributed by atoms with van der Waals surface area (Å²) in [4.78, 5) is 14.2. The van der Waals surface area contributed by atoms with Crippen molar-refractivity contribution in [2.45, 2.75) is 6.42 Å². The molecule has 2 aromatic rings. The molecule has 6 nitrogen and oxygen atoms in total. The smallest absolute Gasteiger partial charge is 0.238 e. The summed E-state index contributed by atoms with van der Waals surface area (Å²) in [7, 11) is 1.86. The Bertz CT molecular complexity index is 770. The average Bonchev–Trinajstić information content (AvgIpc) is 2.87. The van der Waals surface area contributed by atoms with Gasteiger partial charge in [0.05, 0.1) is 30.5 Å². The summed E-state index contributed by atoms with van der Waals surface area (Å²) < 4.78 is 16.9. The van der Waals surface area contributed by atoms with E-state index in [-0.39, 0.29) is 12.5 Å². The molecule has 0 aromatic heterocycles. The minimum Gasteiger partial charge on any atom is -0.492 e. The molecule has 0 radical (unpaired) electrons. The number of halogens is 1. The Morgan fingerprint density at radius 2 is 1.89 bits per heavy atom. The molecular weight excluding hydrogens is 368 g/mol. The van der Waals surface area contributed by atoms with E-state index in [1.165, 1.54) is 0 Å². The van der Waals surface area contributed by atoms with Gasteiger partial charge in [0, 0.05) is 25.1 Å². The number of rotatable bonds is 7. The van der Waals surface area contributed by atoms with Crippen molar-refractivity contribution >= 4 is 23.2 Å². The summed E-state index contributed by atoms with van der Waals surface area (Å²) in [6.45, 7) is 2.51. The van der Waals surface area contributed by atoms with Crippen molar-refractivity contribution in [1.82, 2.24) is 4.90 Å². The molecule has 0 bridgehead atoms. The van der Waals surface area contributed by atoms with E-state index in [0.29, 0.717) is 48.6 Å². The van der Waals surface area contributed by atoms with Crippen LogP contribution in [0.4, 0.5) is 5.69 Å². The van der Waals surface area contributed by atoms with Crippen molar-refractivity contribution in [3.05, 3.63) is 47.5 Å². The maximum atomic E-state index is 12.3. The van der Waals surface area contributed by atoms with Gasteiger partial charge in [0.2, 0.25) is 5.91 Å². The fourth-order valence-corrected chi connectivity index (χ4v) is 2.83. The van der Waals surface area contributed by atoms with Crippen LogP contribution in [0.15, 0.2) is 42.5 Å². The van der Waals surface area contributed by atoms with Gasteiger partial charge in [-0.2, -0.15) is 0 Å². The predicted octanol–water partition coefficient (Wildman–Crippen LogP) is 3.45. The monoisotopic (exact) mass is 390 g/mol. The SMILES string of the molecule is CN(CCOc1ccccc1)CC(=O)Nc1cc2c(cc1Cl)OCCCO2. The zero-order chi connectivity index (χ0) is 19.1. The number of benzene rings is 2. The number of nitrogens with zero attached hydrogens (tertiary/aromatic N) is 1. The third-order valence-electron chi connectivity index (χ3n) is 4.01. The second kappa shape index (κ2) is 9.48. The lowest BCUT2D eigenvalue weighted by atomic mass is 10.2. The number of anilines is 1. The molecule has 0 saturated heterocycles. The Labute approximate surface area is 164 Å². The van der Waals surface area contributed by atoms with Crippen molar-refractivity contribution in [3.8, 4) is 17.2 Å². The maximum absolute atomic E-state index is 12.3. The van der Waals surface area contributed by atoms with Crippen molar-refractivity contribution in [1.29, 1.82) is 0 Å². The number of carbonyl (C=O) groups excluding carboxylic acids is 1. The van der Waals surface area contributed by atoms with Gasteiger partial charge in [-0.15, -0.1) is 0 Å². The van der Waals surface area contributed by atoms with E-state index in [0.717, 1.165) is 12.2 Å². The van der Waals surface area contributed by atoms with E-state index < -0.39 is 0 Å². The number of ether oxygens (including phenoxy) is 3. The lowest BCUT2D eigenvalue weighted by molar-refractivity contribution is -0.117. The first-order valence-corrected chi connectivity index (χ1v) is 9.25. The van der Waals surface area contributed by atoms with Crippen molar-refractivity contribution in [2.75, 3.05) is 45.3 Å². The van der Waals surface area contributed by atoms with Gasteiger partial charge in [-0.05, 0) is 19.2 Å². The van der Waals surface area contributed by atoms with Crippen LogP contribution in [0.1, 0.15) is 6.42 Å². The first-order valence-electron chi connectivity index (χ1n) is 8.87. The molecular formula is C20H23ClN2O4. The standard InChI is InChI=1S/C20H23ClN2O4/c1-23(8-11-25-15-6-3-2-4-7-15)14-20(24)22-17-13-19-18(12-16(17)21)26-9-5-10-27-19/h2-4,6-7,12-13H,5,8-11,14H2,1H3,(H,22,24). The summed E-state index contributed by atoms with van der Waals surface area (Å²) in [5.41, 5.74) is 0.514. The number of hydrogen-bond acceptors (Lipinski definition) is 5. The molecule has 1 aliphatic rings. The molecule has 2 aromatic carbocycles. The van der Waals surface area contributed by atoms with Gasteiger partial charge in [-0.25, -0.2) is 0 Å². The molecule has 3 rings (SSSR count). The summed E-state index contributed by atoms with van der Waals surface area (Å²) in [6, 6.07) is 13.0. The fraction of sp³-hybridized carbons (Fsp3) is 0.350. The minimum absolute atomic E-state index is 0.159. The number of para-hydroxylation sites is 1. The van der Waals surface area contributed by atoms with Crippen LogP contribution in [-0.2, 0) is 4.79 Å². The van der Waals surface area contributed by atoms with Crippen LogP contribution in [0.25, 0.3) is 0 Å². The number of carbonyl (C=O) groups is 1. The van der Waals surface area contributed by atoms with E-state index in [9.17, 15) is 4.79 Å². The van der Waals surface area contributed by atoms with Crippen molar-refractivity contribution in [3.63, 3.8) is 0 Å². The van der Waals surface area contributed by atoms with Gasteiger partial charge in [-0.3, -0.25) is 9.69 Å². The van der Waals surface area contributed by atoms with Crippen LogP contribution in [0.3, 0.4) is 0 Å². The lowest BCUT2D eigenvalue weighted by Crippen LogP contribution is -2.33. The molecule has 1 amide bonds. The average molecular weight is 391 g/mol. The Morgan fingerprint density at radius 1 is 1.19 bits per heavy atom.